The van der Waals surface area contributed by atoms with Crippen LogP contribution >= 0.6 is 0 Å². The van der Waals surface area contributed by atoms with Crippen LogP contribution in [-0.2, 0) is 5.41 Å². The molecule has 18 rings (SSSR count). The fourth-order valence-electron chi connectivity index (χ4n) is 14.0. The van der Waals surface area contributed by atoms with E-state index in [1.54, 1.807) is 0 Å². The second-order valence-corrected chi connectivity index (χ2v) is 20.2. The average Bonchev–Trinajstić information content (AvgIpc) is 4.30. The number of fused-ring (bicyclic) bond motifs is 26. The lowest BCUT2D eigenvalue weighted by atomic mass is 9.70. The molecule has 1 spiro atoms. The molecular formula is C69H38N2O2. The number of nitrogens with zero attached hydrogens (tertiary/aromatic N) is 2. The topological polar surface area (TPSA) is 36.1 Å². The van der Waals surface area contributed by atoms with Crippen molar-refractivity contribution >= 4 is 109 Å². The average molecular weight is 927 g/mol. The summed E-state index contributed by atoms with van der Waals surface area (Å²) in [6, 6.07) is 85.5. The molecule has 73 heavy (non-hydrogen) atoms. The van der Waals surface area contributed by atoms with Gasteiger partial charge in [-0.3, -0.25) is 0 Å². The van der Waals surface area contributed by atoms with Gasteiger partial charge >= 0.3 is 0 Å². The Kier molecular flexibility index (Phi) is 7.00. The van der Waals surface area contributed by atoms with E-state index in [1.807, 2.05) is 0 Å². The Hall–Kier alpha value is -9.64. The standard InChI is InChI=1S/C69H38N2O2/c1-3-17-41-39(15-1)31-33-57-65(41)51-35-49-50-36-52-62(71(58-34-32-40-16-2-4-18-42(40)66(52)58)60-28-14-24-48-46-22-8-12-30-64(46)73-68(48)60)38-56(50)69(53-25-9-5-19-43(53)44-20-6-10-26-54(44)69)55(49)37-61(51)70(57)59-27-13-23-47-45-21-7-11-29-63(45)72-67(47)59/h1-38H. The van der Waals surface area contributed by atoms with Gasteiger partial charge in [0.25, 0.3) is 0 Å². The molecule has 0 atom stereocenters. The Bertz CT molecular complexity index is 4850. The third kappa shape index (κ3) is 4.60. The second-order valence-electron chi connectivity index (χ2n) is 20.2. The Morgan fingerprint density at radius 2 is 0.685 bits per heavy atom. The minimum absolute atomic E-state index is 0.649. The number of benzene rings is 12. The summed E-state index contributed by atoms with van der Waals surface area (Å²) in [5.74, 6) is 0. The number of hydrogen-bond acceptors (Lipinski definition) is 2. The van der Waals surface area contributed by atoms with Gasteiger partial charge in [0.1, 0.15) is 11.2 Å². The van der Waals surface area contributed by atoms with Crippen LogP contribution in [0.4, 0.5) is 0 Å². The molecule has 4 aromatic heterocycles. The van der Waals surface area contributed by atoms with Crippen LogP contribution in [0.25, 0.3) is 143 Å². The maximum atomic E-state index is 6.88. The molecule has 4 nitrogen and oxygen atoms in total. The molecule has 4 heterocycles. The molecule has 0 amide bonds. The maximum absolute atomic E-state index is 6.88. The van der Waals surface area contributed by atoms with Crippen LogP contribution in [0.3, 0.4) is 0 Å². The molecular weight excluding hydrogens is 889 g/mol. The van der Waals surface area contributed by atoms with E-state index in [1.165, 1.54) is 87.6 Å². The van der Waals surface area contributed by atoms with Gasteiger partial charge in [-0.1, -0.05) is 170 Å². The van der Waals surface area contributed by atoms with Gasteiger partial charge in [-0.05, 0) is 127 Å². The first kappa shape index (κ1) is 38.2. The molecule has 0 saturated heterocycles. The molecule has 0 N–H and O–H groups in total. The maximum Gasteiger partial charge on any atom is 0.159 e. The van der Waals surface area contributed by atoms with Gasteiger partial charge in [-0.25, -0.2) is 0 Å². The van der Waals surface area contributed by atoms with Crippen molar-refractivity contribution in [3.8, 4) is 33.6 Å². The number of aromatic nitrogens is 2. The van der Waals surface area contributed by atoms with Crippen LogP contribution < -0.4 is 0 Å². The van der Waals surface area contributed by atoms with E-state index in [0.29, 0.717) is 0 Å². The van der Waals surface area contributed by atoms with Crippen LogP contribution in [-0.4, -0.2) is 9.13 Å². The smallest absolute Gasteiger partial charge is 0.159 e. The summed E-state index contributed by atoms with van der Waals surface area (Å²) in [7, 11) is 0. The van der Waals surface area contributed by atoms with E-state index in [2.05, 4.69) is 240 Å². The number of hydrogen-bond donors (Lipinski definition) is 0. The van der Waals surface area contributed by atoms with Crippen LogP contribution in [0.5, 0.6) is 0 Å². The zero-order valence-electron chi connectivity index (χ0n) is 39.2. The molecule has 0 fully saturated rings. The van der Waals surface area contributed by atoms with Crippen LogP contribution in [0.2, 0.25) is 0 Å². The Balaban J connectivity index is 1.04. The SMILES string of the molecule is c1ccc2c(c1)-c1ccccc1C21c2cc3c(cc2-c2cc4c5c6ccccc6ccc5n(-c5cccc6c5oc5ccccc56)c4cc21)c1c2ccccc2ccc1n3-c1cccc2c1oc1ccccc12. The fraction of sp³-hybridized carbons (Fsp3) is 0.0145. The summed E-state index contributed by atoms with van der Waals surface area (Å²) in [6.07, 6.45) is 0. The molecule has 2 aliphatic carbocycles. The van der Waals surface area contributed by atoms with Gasteiger partial charge in [0.05, 0.1) is 38.9 Å². The quantitative estimate of drug-likeness (QED) is 0.173. The summed E-state index contributed by atoms with van der Waals surface area (Å²) in [5, 5.41) is 14.3. The minimum Gasteiger partial charge on any atom is -0.454 e. The first-order valence-corrected chi connectivity index (χ1v) is 25.2. The number of para-hydroxylation sites is 4. The molecule has 0 saturated carbocycles. The van der Waals surface area contributed by atoms with E-state index in [4.69, 9.17) is 8.83 Å². The van der Waals surface area contributed by atoms with Crippen molar-refractivity contribution in [3.63, 3.8) is 0 Å². The van der Waals surface area contributed by atoms with Crippen molar-refractivity contribution in [2.45, 2.75) is 5.41 Å². The van der Waals surface area contributed by atoms with Gasteiger partial charge in [-0.2, -0.15) is 0 Å². The molecule has 2 aliphatic rings. The highest BCUT2D eigenvalue weighted by Crippen LogP contribution is 2.64. The molecule has 12 aromatic carbocycles. The van der Waals surface area contributed by atoms with E-state index in [9.17, 15) is 0 Å². The molecule has 4 heteroatoms. The van der Waals surface area contributed by atoms with E-state index < -0.39 is 5.41 Å². The van der Waals surface area contributed by atoms with Gasteiger partial charge in [-0.15, -0.1) is 0 Å². The first-order valence-electron chi connectivity index (χ1n) is 25.2. The third-order valence-corrected chi connectivity index (χ3v) is 16.9. The van der Waals surface area contributed by atoms with Gasteiger partial charge in [0.15, 0.2) is 11.2 Å². The van der Waals surface area contributed by atoms with Gasteiger partial charge in [0.2, 0.25) is 0 Å². The van der Waals surface area contributed by atoms with Crippen molar-refractivity contribution in [1.29, 1.82) is 0 Å². The van der Waals surface area contributed by atoms with Crippen LogP contribution in [0, 0.1) is 0 Å². The predicted molar refractivity (Wildman–Crippen MR) is 301 cm³/mol. The lowest BCUT2D eigenvalue weighted by molar-refractivity contribution is 0.666. The van der Waals surface area contributed by atoms with Crippen molar-refractivity contribution in [3.05, 3.63) is 253 Å². The second kappa shape index (κ2) is 13.4. The first-order chi connectivity index (χ1) is 36.2. The monoisotopic (exact) mass is 926 g/mol. The van der Waals surface area contributed by atoms with Crippen molar-refractivity contribution in [2.75, 3.05) is 0 Å². The van der Waals surface area contributed by atoms with Crippen LogP contribution in [0.15, 0.2) is 239 Å². The largest absolute Gasteiger partial charge is 0.454 e. The van der Waals surface area contributed by atoms with Gasteiger partial charge < -0.3 is 18.0 Å². The summed E-state index contributed by atoms with van der Waals surface area (Å²) in [5.41, 5.74) is 19.8. The van der Waals surface area contributed by atoms with Crippen LogP contribution in [0.1, 0.15) is 22.3 Å². The summed E-state index contributed by atoms with van der Waals surface area (Å²) < 4.78 is 18.7. The molecule has 0 unspecified atom stereocenters. The summed E-state index contributed by atoms with van der Waals surface area (Å²) >= 11 is 0. The summed E-state index contributed by atoms with van der Waals surface area (Å²) in [4.78, 5) is 0. The van der Waals surface area contributed by atoms with E-state index >= 15 is 0 Å². The Labute approximate surface area is 416 Å². The zero-order valence-corrected chi connectivity index (χ0v) is 39.2. The van der Waals surface area contributed by atoms with E-state index in [0.717, 1.165) is 77.3 Å². The highest BCUT2D eigenvalue weighted by atomic mass is 16.3. The number of furan rings is 2. The van der Waals surface area contributed by atoms with E-state index in [-0.39, 0.29) is 0 Å². The highest BCUT2D eigenvalue weighted by molar-refractivity contribution is 6.26. The third-order valence-electron chi connectivity index (χ3n) is 16.9. The molecule has 336 valence electrons. The molecule has 0 radical (unpaired) electrons. The predicted octanol–water partition coefficient (Wildman–Crippen LogP) is 18.3. The Morgan fingerprint density at radius 1 is 0.274 bits per heavy atom. The normalized spacial score (nSPS) is 13.6. The van der Waals surface area contributed by atoms with Gasteiger partial charge in [0, 0.05) is 43.1 Å². The minimum atomic E-state index is -0.649. The van der Waals surface area contributed by atoms with Crippen molar-refractivity contribution in [1.82, 2.24) is 9.13 Å². The lowest BCUT2D eigenvalue weighted by Crippen LogP contribution is -2.26. The Morgan fingerprint density at radius 3 is 1.18 bits per heavy atom. The summed E-state index contributed by atoms with van der Waals surface area (Å²) in [6.45, 7) is 0. The molecule has 16 aromatic rings. The fourth-order valence-corrected chi connectivity index (χ4v) is 14.0. The van der Waals surface area contributed by atoms with Crippen molar-refractivity contribution < 1.29 is 8.83 Å². The highest BCUT2D eigenvalue weighted by Gasteiger charge is 2.52. The van der Waals surface area contributed by atoms with Crippen molar-refractivity contribution in [2.24, 2.45) is 0 Å². The lowest BCUT2D eigenvalue weighted by Gasteiger charge is -2.30. The zero-order chi connectivity index (χ0) is 47.3. The molecule has 0 bridgehead atoms. The molecule has 0 aliphatic heterocycles. The number of rotatable bonds is 2.